The van der Waals surface area contributed by atoms with Crippen molar-refractivity contribution in [1.29, 1.82) is 0 Å². The van der Waals surface area contributed by atoms with E-state index in [0.717, 1.165) is 11.1 Å². The maximum absolute atomic E-state index is 14.6. The van der Waals surface area contributed by atoms with Gasteiger partial charge in [0.2, 0.25) is 6.35 Å². The molecule has 150 valence electrons. The third-order valence-electron chi connectivity index (χ3n) is 3.42. The zero-order valence-electron chi connectivity index (χ0n) is 13.1. The Bertz CT molecular complexity index is 701. The van der Waals surface area contributed by atoms with Crippen LogP contribution in [-0.4, -0.2) is 61.8 Å². The van der Waals surface area contributed by atoms with Crippen molar-refractivity contribution in [3.8, 4) is 0 Å². The highest BCUT2D eigenvalue weighted by atomic mass is 31.3. The molecule has 16 heteroatoms. The summed E-state index contributed by atoms with van der Waals surface area (Å²) in [7, 11) is -10.8. The van der Waals surface area contributed by atoms with Crippen LogP contribution in [0.15, 0.2) is 11.8 Å². The molecule has 2 heterocycles. The largest absolute Gasteiger partial charge is 0.481 e. The fourth-order valence-electron chi connectivity index (χ4n) is 2.23. The number of hydrogen-bond donors (Lipinski definition) is 5. The van der Waals surface area contributed by atoms with E-state index in [9.17, 15) is 27.8 Å². The number of nitrogens with one attached hydrogen (secondary N) is 1. The molecule has 2 unspecified atom stereocenters. The fraction of sp³-hybridized carbons (Fsp3) is 0.700. The Labute approximate surface area is 145 Å². The van der Waals surface area contributed by atoms with E-state index in [2.05, 4.69) is 14.2 Å². The van der Waals surface area contributed by atoms with Crippen molar-refractivity contribution >= 4 is 21.6 Å². The lowest BCUT2D eigenvalue weighted by atomic mass is 10.1. The van der Waals surface area contributed by atoms with E-state index in [0.29, 0.717) is 0 Å². The van der Waals surface area contributed by atoms with Gasteiger partial charge in [0.1, 0.15) is 12.8 Å². The average molecular weight is 424 g/mol. The summed E-state index contributed by atoms with van der Waals surface area (Å²) in [5, 5.41) is 11.9. The molecule has 5 N–H and O–H groups in total. The number of aliphatic hydroxyl groups excluding tert-OH is 1. The molecular weight excluding hydrogens is 408 g/mol. The van der Waals surface area contributed by atoms with Crippen LogP contribution in [0, 0.1) is 0 Å². The maximum Gasteiger partial charge on any atom is 0.481 e. The van der Waals surface area contributed by atoms with Gasteiger partial charge in [0, 0.05) is 18.2 Å². The summed E-state index contributed by atoms with van der Waals surface area (Å²) >= 11 is 0. The second kappa shape index (κ2) is 7.23. The first-order valence-electron chi connectivity index (χ1n) is 6.92. The summed E-state index contributed by atoms with van der Waals surface area (Å²) in [5.74, 6) is -3.88. The minimum atomic E-state index is -5.43. The van der Waals surface area contributed by atoms with Gasteiger partial charge in [-0.2, -0.15) is 4.31 Å². The summed E-state index contributed by atoms with van der Waals surface area (Å²) in [6, 6.07) is 0. The first kappa shape index (κ1) is 21.4. The first-order chi connectivity index (χ1) is 11.7. The minimum absolute atomic E-state index is 0.122. The van der Waals surface area contributed by atoms with Gasteiger partial charge in [-0.15, -0.1) is 0 Å². The normalized spacial score (nSPS) is 35.0. The van der Waals surface area contributed by atoms with Crippen LogP contribution in [0.3, 0.4) is 0 Å². The van der Waals surface area contributed by atoms with Gasteiger partial charge < -0.3 is 34.7 Å². The van der Waals surface area contributed by atoms with Gasteiger partial charge in [-0.05, 0) is 6.92 Å². The minimum Gasteiger partial charge on any atom is -0.356 e. The van der Waals surface area contributed by atoms with Crippen molar-refractivity contribution in [3.63, 3.8) is 0 Å². The number of phosphoric ester groups is 1. The summed E-state index contributed by atoms with van der Waals surface area (Å²) in [6.07, 6.45) is -4.97. The van der Waals surface area contributed by atoms with Crippen LogP contribution in [0.4, 0.5) is 8.78 Å². The highest BCUT2D eigenvalue weighted by molar-refractivity contribution is 7.60. The molecule has 0 spiro atoms. The number of aliphatic hydroxyl groups is 1. The molecule has 5 atom stereocenters. The fourth-order valence-corrected chi connectivity index (χ4v) is 3.84. The zero-order valence-corrected chi connectivity index (χ0v) is 14.8. The number of hydrogen-bond acceptors (Lipinski definition) is 8. The van der Waals surface area contributed by atoms with Crippen LogP contribution >= 0.6 is 15.6 Å². The van der Waals surface area contributed by atoms with Gasteiger partial charge in [0.25, 0.3) is 11.8 Å². The van der Waals surface area contributed by atoms with Crippen molar-refractivity contribution in [2.24, 2.45) is 0 Å². The summed E-state index contributed by atoms with van der Waals surface area (Å²) in [4.78, 5) is 38.3. The van der Waals surface area contributed by atoms with Crippen LogP contribution in [0.5, 0.6) is 0 Å². The molecule has 0 aliphatic carbocycles. The molecule has 0 saturated carbocycles. The second-order valence-electron chi connectivity index (χ2n) is 5.48. The van der Waals surface area contributed by atoms with Gasteiger partial charge in [-0.1, -0.05) is 0 Å². The summed E-state index contributed by atoms with van der Waals surface area (Å²) < 4.78 is 62.7. The number of ether oxygens (including phenoxy) is 1. The highest BCUT2D eigenvalue weighted by Crippen LogP contribution is 2.58. The Morgan fingerprint density at radius 1 is 1.46 bits per heavy atom. The van der Waals surface area contributed by atoms with E-state index in [4.69, 9.17) is 19.4 Å². The number of phosphoric acid groups is 2. The van der Waals surface area contributed by atoms with E-state index < -0.39 is 59.2 Å². The molecule has 12 nitrogen and oxygen atoms in total. The van der Waals surface area contributed by atoms with Gasteiger partial charge in [0.15, 0.2) is 6.17 Å². The standard InChI is InChI=1S/C10H16F2N2O10P2/c1-5-3-14(9(16)13-8(5)15)7-2-6(11)10(12,23-7)4-22-26(20,21)24-25(17,18)19/h3,6-7,9,16H,2,4H2,1H3,(H,13,15)(H,20,21)(H2,17,18,19)/t6-,7+,9?,10+/m0/s1. The Hall–Kier alpha value is -0.950. The number of halogens is 2. The Kier molecular flexibility index (Phi) is 5.93. The number of carbonyl (C=O) groups is 1. The smallest absolute Gasteiger partial charge is 0.356 e. The molecule has 0 aromatic rings. The van der Waals surface area contributed by atoms with E-state index in [-0.39, 0.29) is 5.57 Å². The monoisotopic (exact) mass is 424 g/mol. The maximum atomic E-state index is 14.6. The molecular formula is C10H16F2N2O10P2. The molecule has 1 saturated heterocycles. The van der Waals surface area contributed by atoms with Crippen molar-refractivity contribution in [1.82, 2.24) is 10.2 Å². The first-order valence-corrected chi connectivity index (χ1v) is 9.95. The Morgan fingerprint density at radius 3 is 2.65 bits per heavy atom. The average Bonchev–Trinajstić information content (AvgIpc) is 2.75. The predicted molar refractivity (Wildman–Crippen MR) is 76.9 cm³/mol. The lowest BCUT2D eigenvalue weighted by Gasteiger charge is -2.35. The van der Waals surface area contributed by atoms with Crippen LogP contribution in [0.25, 0.3) is 0 Å². The van der Waals surface area contributed by atoms with Crippen LogP contribution < -0.4 is 5.32 Å². The highest BCUT2D eigenvalue weighted by Gasteiger charge is 2.54. The lowest BCUT2D eigenvalue weighted by molar-refractivity contribution is -0.216. The molecule has 2 rings (SSSR count). The van der Waals surface area contributed by atoms with Crippen LogP contribution in [0.2, 0.25) is 0 Å². The van der Waals surface area contributed by atoms with Crippen molar-refractivity contribution in [3.05, 3.63) is 11.8 Å². The van der Waals surface area contributed by atoms with Crippen molar-refractivity contribution in [2.45, 2.75) is 38.0 Å². The SMILES string of the molecule is CC1=CN([C@H]2C[C@H](F)[C@@](F)(COP(=O)(O)OP(=O)(O)O)O2)C(O)NC1=O. The zero-order chi connectivity index (χ0) is 19.9. The summed E-state index contributed by atoms with van der Waals surface area (Å²) in [5.41, 5.74) is 0.122. The lowest BCUT2D eigenvalue weighted by Crippen LogP contribution is -2.54. The van der Waals surface area contributed by atoms with Gasteiger partial charge in [-0.25, -0.2) is 17.9 Å². The quantitative estimate of drug-likeness (QED) is 0.350. The van der Waals surface area contributed by atoms with Crippen LogP contribution in [-0.2, 0) is 27.5 Å². The van der Waals surface area contributed by atoms with E-state index >= 15 is 0 Å². The topological polar surface area (TPSA) is 175 Å². The molecule has 26 heavy (non-hydrogen) atoms. The molecule has 1 amide bonds. The third kappa shape index (κ3) is 5.06. The van der Waals surface area contributed by atoms with Crippen LogP contribution in [0.1, 0.15) is 13.3 Å². The molecule has 1 fully saturated rings. The van der Waals surface area contributed by atoms with E-state index in [1.165, 1.54) is 6.92 Å². The molecule has 0 bridgehead atoms. The molecule has 0 radical (unpaired) electrons. The number of carbonyl (C=O) groups excluding carboxylic acids is 1. The van der Waals surface area contributed by atoms with Gasteiger partial charge >= 0.3 is 15.6 Å². The van der Waals surface area contributed by atoms with Crippen molar-refractivity contribution < 1.29 is 56.1 Å². The second-order valence-corrected chi connectivity index (χ2v) is 8.31. The summed E-state index contributed by atoms with van der Waals surface area (Å²) in [6.45, 7) is -0.152. The van der Waals surface area contributed by atoms with E-state index in [1.54, 1.807) is 0 Å². The molecule has 0 aromatic heterocycles. The Balaban J connectivity index is 2.06. The number of nitrogens with zero attached hydrogens (tertiary/aromatic N) is 1. The van der Waals surface area contributed by atoms with E-state index in [1.807, 2.05) is 0 Å². The molecule has 2 aliphatic rings. The third-order valence-corrected chi connectivity index (χ3v) is 5.55. The number of alkyl halides is 2. The van der Waals surface area contributed by atoms with Crippen molar-refractivity contribution in [2.75, 3.05) is 6.61 Å². The Morgan fingerprint density at radius 2 is 2.08 bits per heavy atom. The molecule has 0 aromatic carbocycles. The van der Waals surface area contributed by atoms with Gasteiger partial charge in [0.05, 0.1) is 0 Å². The number of rotatable bonds is 6. The predicted octanol–water partition coefficient (Wildman–Crippen LogP) is -0.425. The molecule has 2 aliphatic heterocycles. The van der Waals surface area contributed by atoms with Gasteiger partial charge in [-0.3, -0.25) is 9.32 Å². The number of amides is 1.